The van der Waals surface area contributed by atoms with Crippen molar-refractivity contribution in [3.8, 4) is 17.2 Å². The van der Waals surface area contributed by atoms with Crippen molar-refractivity contribution in [2.45, 2.75) is 81.1 Å². The molecule has 0 unspecified atom stereocenters. The van der Waals surface area contributed by atoms with Crippen molar-refractivity contribution in [3.63, 3.8) is 0 Å². The van der Waals surface area contributed by atoms with E-state index in [-0.39, 0.29) is 0 Å². The van der Waals surface area contributed by atoms with E-state index in [4.69, 9.17) is 15.3 Å². The maximum Gasteiger partial charge on any atom is 0.115 e. The predicted molar refractivity (Wildman–Crippen MR) is 201 cm³/mol. The van der Waals surface area contributed by atoms with Gasteiger partial charge in [0.1, 0.15) is 17.2 Å². The molecule has 45 heavy (non-hydrogen) atoms. The SMILES string of the molecule is CCC.CCC.CCC.CCC.Oc1ccccc1.Oc1ccccc1.Oc1ccccc1.c1ccccc1.c1ccccc1. The van der Waals surface area contributed by atoms with Crippen LogP contribution in [0, 0.1) is 0 Å². The van der Waals surface area contributed by atoms with Gasteiger partial charge in [0.2, 0.25) is 0 Å². The van der Waals surface area contributed by atoms with Gasteiger partial charge in [-0.15, -0.1) is 0 Å². The van der Waals surface area contributed by atoms with Crippen LogP contribution in [-0.2, 0) is 0 Å². The van der Waals surface area contributed by atoms with Crippen LogP contribution in [-0.4, -0.2) is 15.3 Å². The first kappa shape index (κ1) is 47.4. The van der Waals surface area contributed by atoms with Crippen LogP contribution in [0.4, 0.5) is 0 Å². The fraction of sp³-hybridized carbons (Fsp3) is 0.286. The average molecular weight is 615 g/mol. The van der Waals surface area contributed by atoms with Crippen LogP contribution >= 0.6 is 0 Å². The van der Waals surface area contributed by atoms with E-state index in [0.29, 0.717) is 17.2 Å². The Morgan fingerprint density at radius 3 is 0.400 bits per heavy atom. The van der Waals surface area contributed by atoms with Gasteiger partial charge in [0.05, 0.1) is 0 Å². The fourth-order valence-electron chi connectivity index (χ4n) is 2.05. The van der Waals surface area contributed by atoms with Crippen molar-refractivity contribution in [2.24, 2.45) is 0 Å². The highest BCUT2D eigenvalue weighted by Crippen LogP contribution is 2.04. The number of benzene rings is 5. The Hall–Kier alpha value is -4.50. The summed E-state index contributed by atoms with van der Waals surface area (Å²) in [4.78, 5) is 0. The molecule has 0 aliphatic carbocycles. The van der Waals surface area contributed by atoms with Crippen molar-refractivity contribution in [1.29, 1.82) is 0 Å². The van der Waals surface area contributed by atoms with E-state index < -0.39 is 0 Å². The molecule has 0 radical (unpaired) electrons. The molecular weight excluding hydrogens is 552 g/mol. The highest BCUT2D eigenvalue weighted by Gasteiger charge is 1.76. The summed E-state index contributed by atoms with van der Waals surface area (Å²) in [5.74, 6) is 0.965. The molecule has 0 atom stereocenters. The Balaban J connectivity index is -0.000000215. The third-order valence-electron chi connectivity index (χ3n) is 3.60. The predicted octanol–water partition coefficient (Wildman–Crippen LogP) is 13.2. The lowest BCUT2D eigenvalue weighted by Gasteiger charge is -1.82. The van der Waals surface area contributed by atoms with Gasteiger partial charge in [0, 0.05) is 0 Å². The van der Waals surface area contributed by atoms with Gasteiger partial charge in [-0.2, -0.15) is 0 Å². The second kappa shape index (κ2) is 46.5. The monoisotopic (exact) mass is 614 g/mol. The molecule has 0 aliphatic rings. The Morgan fingerprint density at radius 2 is 0.333 bits per heavy atom. The van der Waals surface area contributed by atoms with E-state index >= 15 is 0 Å². The zero-order valence-corrected chi connectivity index (χ0v) is 29.3. The van der Waals surface area contributed by atoms with Gasteiger partial charge in [0.15, 0.2) is 0 Å². The van der Waals surface area contributed by atoms with Crippen molar-refractivity contribution in [1.82, 2.24) is 0 Å². The van der Waals surface area contributed by atoms with Gasteiger partial charge < -0.3 is 15.3 Å². The van der Waals surface area contributed by atoms with E-state index in [2.05, 4.69) is 55.4 Å². The Bertz CT molecular complexity index is 891. The van der Waals surface area contributed by atoms with Crippen LogP contribution in [0.1, 0.15) is 81.1 Å². The van der Waals surface area contributed by atoms with E-state index in [1.807, 2.05) is 91.0 Å². The number of rotatable bonds is 0. The summed E-state index contributed by atoms with van der Waals surface area (Å²) >= 11 is 0. The van der Waals surface area contributed by atoms with Crippen LogP contribution in [0.2, 0.25) is 0 Å². The number of phenolic OH excluding ortho intramolecular Hbond substituents is 3. The van der Waals surface area contributed by atoms with Gasteiger partial charge in [-0.25, -0.2) is 0 Å². The van der Waals surface area contributed by atoms with Crippen LogP contribution < -0.4 is 0 Å². The standard InChI is InChI=1S/3C6H6O.2C6H6.4C3H8/c3*7-6-4-2-1-3-5-6;2*1-2-4-6-5-3-1;4*1-3-2/h3*1-5,7H;2*1-6H;4*3H2,1-2H3. The average Bonchev–Trinajstić information content (AvgIpc) is 3.07. The van der Waals surface area contributed by atoms with E-state index in [0.717, 1.165) is 0 Å². The lowest BCUT2D eigenvalue weighted by Crippen LogP contribution is -1.56. The Morgan fingerprint density at radius 1 is 0.244 bits per heavy atom. The molecule has 5 rings (SSSR count). The fourth-order valence-corrected chi connectivity index (χ4v) is 2.05. The molecule has 0 amide bonds. The largest absolute Gasteiger partial charge is 0.508 e. The first-order valence-corrected chi connectivity index (χ1v) is 16.1. The smallest absolute Gasteiger partial charge is 0.115 e. The second-order valence-electron chi connectivity index (χ2n) is 9.14. The molecule has 0 bridgehead atoms. The minimum absolute atomic E-state index is 0.322. The van der Waals surface area contributed by atoms with Crippen molar-refractivity contribution < 1.29 is 15.3 Å². The molecule has 0 aromatic heterocycles. The molecule has 248 valence electrons. The highest BCUT2D eigenvalue weighted by atomic mass is 16.3. The number of aromatic hydroxyl groups is 3. The molecule has 3 N–H and O–H groups in total. The maximum absolute atomic E-state index is 8.63. The third kappa shape index (κ3) is 56.0. The maximum atomic E-state index is 8.63. The van der Waals surface area contributed by atoms with Gasteiger partial charge in [-0.1, -0.05) is 208 Å². The minimum atomic E-state index is 0.322. The molecular formula is C42H62O3. The van der Waals surface area contributed by atoms with E-state index in [9.17, 15) is 0 Å². The van der Waals surface area contributed by atoms with Gasteiger partial charge in [-0.05, 0) is 36.4 Å². The Labute approximate surface area is 276 Å². The molecule has 0 spiro atoms. The summed E-state index contributed by atoms with van der Waals surface area (Å²) in [6, 6.07) is 50.1. The van der Waals surface area contributed by atoms with Crippen LogP contribution in [0.5, 0.6) is 17.2 Å². The molecule has 0 heterocycles. The zero-order chi connectivity index (χ0) is 34.7. The number of hydrogen-bond acceptors (Lipinski definition) is 3. The van der Waals surface area contributed by atoms with Crippen molar-refractivity contribution in [2.75, 3.05) is 0 Å². The van der Waals surface area contributed by atoms with Crippen molar-refractivity contribution in [3.05, 3.63) is 164 Å². The summed E-state index contributed by atoms with van der Waals surface area (Å²) < 4.78 is 0. The summed E-state index contributed by atoms with van der Waals surface area (Å²) in [6.07, 6.45) is 5.00. The van der Waals surface area contributed by atoms with Crippen LogP contribution in [0.25, 0.3) is 0 Å². The summed E-state index contributed by atoms with van der Waals surface area (Å²) in [7, 11) is 0. The summed E-state index contributed by atoms with van der Waals surface area (Å²) in [6.45, 7) is 17.0. The number of hydrogen-bond donors (Lipinski definition) is 3. The second-order valence-corrected chi connectivity index (χ2v) is 9.14. The number of para-hydroxylation sites is 3. The molecule has 5 aromatic rings. The molecule has 3 heteroatoms. The lowest BCUT2D eigenvalue weighted by atomic mass is 10.3. The zero-order valence-electron chi connectivity index (χ0n) is 29.3. The van der Waals surface area contributed by atoms with E-state index in [1.165, 1.54) is 25.7 Å². The quantitative estimate of drug-likeness (QED) is 0.163. The number of phenols is 3. The van der Waals surface area contributed by atoms with E-state index in [1.54, 1.807) is 72.8 Å². The molecule has 0 saturated carbocycles. The van der Waals surface area contributed by atoms with Gasteiger partial charge in [0.25, 0.3) is 0 Å². The van der Waals surface area contributed by atoms with Gasteiger partial charge >= 0.3 is 0 Å². The Kier molecular flexibility index (Phi) is 49.0. The van der Waals surface area contributed by atoms with Crippen molar-refractivity contribution >= 4 is 0 Å². The molecule has 0 aliphatic heterocycles. The first-order chi connectivity index (χ1) is 21.8. The molecule has 0 fully saturated rings. The summed E-state index contributed by atoms with van der Waals surface area (Å²) in [5.41, 5.74) is 0. The molecule has 0 saturated heterocycles. The van der Waals surface area contributed by atoms with Gasteiger partial charge in [-0.3, -0.25) is 0 Å². The van der Waals surface area contributed by atoms with Crippen LogP contribution in [0.3, 0.4) is 0 Å². The lowest BCUT2D eigenvalue weighted by molar-refractivity contribution is 0.475. The normalized spacial score (nSPS) is 7.73. The summed E-state index contributed by atoms with van der Waals surface area (Å²) in [5, 5.41) is 25.9. The third-order valence-corrected chi connectivity index (χ3v) is 3.60. The highest BCUT2D eigenvalue weighted by molar-refractivity contribution is 5.19. The topological polar surface area (TPSA) is 60.7 Å². The van der Waals surface area contributed by atoms with Crippen LogP contribution in [0.15, 0.2) is 164 Å². The minimum Gasteiger partial charge on any atom is -0.508 e. The molecule has 5 aromatic carbocycles. The first-order valence-electron chi connectivity index (χ1n) is 16.1. The molecule has 3 nitrogen and oxygen atoms in total.